The van der Waals surface area contributed by atoms with Crippen LogP contribution in [-0.4, -0.2) is 46.8 Å². The van der Waals surface area contributed by atoms with Gasteiger partial charge in [0, 0.05) is 47.9 Å². The average molecular weight is 424 g/mol. The Morgan fingerprint density at radius 2 is 1.90 bits per heavy atom. The number of rotatable bonds is 3. The molecular formula is C24H29N3O2S. The first-order valence-electron chi connectivity index (χ1n) is 11.1. The van der Waals surface area contributed by atoms with E-state index in [-0.39, 0.29) is 11.5 Å². The molecule has 6 heteroatoms. The van der Waals surface area contributed by atoms with Crippen molar-refractivity contribution in [2.75, 3.05) is 26.2 Å². The molecule has 0 radical (unpaired) electrons. The number of aryl methyl sites for hydroxylation is 1. The van der Waals surface area contributed by atoms with Crippen LogP contribution in [-0.2, 0) is 6.54 Å². The second kappa shape index (κ2) is 8.23. The van der Waals surface area contributed by atoms with Crippen LogP contribution in [0.4, 0.5) is 0 Å². The highest BCUT2D eigenvalue weighted by molar-refractivity contribution is 8.00. The van der Waals surface area contributed by atoms with E-state index in [1.165, 1.54) is 10.5 Å². The number of aromatic nitrogens is 1. The van der Waals surface area contributed by atoms with Gasteiger partial charge in [-0.15, -0.1) is 11.8 Å². The van der Waals surface area contributed by atoms with Gasteiger partial charge in [-0.05, 0) is 62.4 Å². The smallest absolute Gasteiger partial charge is 0.263 e. The van der Waals surface area contributed by atoms with E-state index >= 15 is 0 Å². The fourth-order valence-corrected chi connectivity index (χ4v) is 6.39. The molecular weight excluding hydrogens is 394 g/mol. The van der Waals surface area contributed by atoms with Gasteiger partial charge in [0.2, 0.25) is 0 Å². The summed E-state index contributed by atoms with van der Waals surface area (Å²) in [5.74, 6) is 0.792. The summed E-state index contributed by atoms with van der Waals surface area (Å²) in [6.07, 6.45) is 3.07. The molecule has 2 fully saturated rings. The number of carbonyl (C=O) groups excluding carboxylic acids is 1. The van der Waals surface area contributed by atoms with Crippen molar-refractivity contribution >= 4 is 17.7 Å². The van der Waals surface area contributed by atoms with Crippen LogP contribution in [0.2, 0.25) is 0 Å². The van der Waals surface area contributed by atoms with Crippen molar-refractivity contribution in [2.24, 2.45) is 5.92 Å². The van der Waals surface area contributed by atoms with Crippen molar-refractivity contribution in [3.05, 3.63) is 63.6 Å². The number of hydrogen-bond donors (Lipinski definition) is 1. The van der Waals surface area contributed by atoms with Crippen molar-refractivity contribution in [1.82, 2.24) is 14.8 Å². The van der Waals surface area contributed by atoms with E-state index in [1.807, 2.05) is 27.3 Å². The second-order valence-corrected chi connectivity index (χ2v) is 10.3. The largest absolute Gasteiger partial charge is 0.338 e. The Hall–Kier alpha value is -2.05. The van der Waals surface area contributed by atoms with Gasteiger partial charge in [-0.25, -0.2) is 0 Å². The molecule has 4 heterocycles. The van der Waals surface area contributed by atoms with E-state index < -0.39 is 0 Å². The molecule has 30 heavy (non-hydrogen) atoms. The quantitative estimate of drug-likeness (QED) is 0.823. The van der Waals surface area contributed by atoms with E-state index in [0.717, 1.165) is 57.7 Å². The molecule has 2 saturated heterocycles. The molecule has 0 spiro atoms. The standard InChI is InChI=1S/C24H29N3O2S/c1-16-4-2-3-5-22(16)30-19-8-10-26(11-9-19)23(28)20-6-7-21-18-12-17(13-25-14-18)15-27(21)24(20)29/h2-7,17-19,25H,8-15H2,1H3/t17-,18+/m0/s1. The highest BCUT2D eigenvalue weighted by atomic mass is 32.2. The third-order valence-electron chi connectivity index (χ3n) is 6.86. The minimum Gasteiger partial charge on any atom is -0.338 e. The molecule has 1 amide bonds. The summed E-state index contributed by atoms with van der Waals surface area (Å²) in [6, 6.07) is 12.3. The molecule has 5 nitrogen and oxygen atoms in total. The van der Waals surface area contributed by atoms with Gasteiger partial charge >= 0.3 is 0 Å². The van der Waals surface area contributed by atoms with Crippen LogP contribution in [0.5, 0.6) is 0 Å². The third kappa shape index (κ3) is 3.71. The fraction of sp³-hybridized carbons (Fsp3) is 0.500. The number of benzene rings is 1. The molecule has 2 bridgehead atoms. The number of likely N-dealkylation sites (tertiary alicyclic amines) is 1. The maximum atomic E-state index is 13.2. The Morgan fingerprint density at radius 3 is 2.70 bits per heavy atom. The summed E-state index contributed by atoms with van der Waals surface area (Å²) in [5.41, 5.74) is 2.65. The maximum Gasteiger partial charge on any atom is 0.263 e. The third-order valence-corrected chi connectivity index (χ3v) is 8.37. The van der Waals surface area contributed by atoms with Crippen LogP contribution in [0.1, 0.15) is 46.8 Å². The zero-order valence-electron chi connectivity index (χ0n) is 17.5. The number of carbonyl (C=O) groups is 1. The van der Waals surface area contributed by atoms with Gasteiger partial charge in [0.15, 0.2) is 0 Å². The van der Waals surface area contributed by atoms with E-state index in [1.54, 1.807) is 6.07 Å². The Kier molecular flexibility index (Phi) is 5.46. The van der Waals surface area contributed by atoms with Gasteiger partial charge in [-0.2, -0.15) is 0 Å². The van der Waals surface area contributed by atoms with Crippen LogP contribution in [0.25, 0.3) is 0 Å². The maximum absolute atomic E-state index is 13.2. The van der Waals surface area contributed by atoms with Gasteiger partial charge in [-0.3, -0.25) is 9.59 Å². The number of pyridine rings is 1. The highest BCUT2D eigenvalue weighted by Gasteiger charge is 2.33. The first kappa shape index (κ1) is 19.9. The van der Waals surface area contributed by atoms with Gasteiger partial charge in [0.25, 0.3) is 11.5 Å². The summed E-state index contributed by atoms with van der Waals surface area (Å²) >= 11 is 1.92. The van der Waals surface area contributed by atoms with Crippen molar-refractivity contribution in [1.29, 1.82) is 0 Å². The summed E-state index contributed by atoms with van der Waals surface area (Å²) in [5, 5.41) is 3.99. The summed E-state index contributed by atoms with van der Waals surface area (Å²) < 4.78 is 1.88. The monoisotopic (exact) mass is 423 g/mol. The molecule has 1 aromatic heterocycles. The molecule has 0 aliphatic carbocycles. The van der Waals surface area contributed by atoms with Crippen LogP contribution in [0, 0.1) is 12.8 Å². The number of piperidine rings is 2. The summed E-state index contributed by atoms with van der Waals surface area (Å²) in [4.78, 5) is 29.5. The zero-order chi connectivity index (χ0) is 20.7. The van der Waals surface area contributed by atoms with Crippen molar-refractivity contribution in [3.63, 3.8) is 0 Å². The number of nitrogens with one attached hydrogen (secondary N) is 1. The minimum absolute atomic E-state index is 0.0921. The lowest BCUT2D eigenvalue weighted by molar-refractivity contribution is 0.0724. The topological polar surface area (TPSA) is 54.3 Å². The fourth-order valence-electron chi connectivity index (χ4n) is 5.17. The molecule has 158 valence electrons. The summed E-state index contributed by atoms with van der Waals surface area (Å²) in [6.45, 7) is 6.21. The predicted molar refractivity (Wildman–Crippen MR) is 120 cm³/mol. The molecule has 2 atom stereocenters. The molecule has 0 saturated carbocycles. The van der Waals surface area contributed by atoms with E-state index in [2.05, 4.69) is 36.5 Å². The zero-order valence-corrected chi connectivity index (χ0v) is 18.3. The van der Waals surface area contributed by atoms with Crippen molar-refractivity contribution in [2.45, 2.75) is 48.8 Å². The molecule has 1 aromatic carbocycles. The average Bonchev–Trinajstić information content (AvgIpc) is 2.76. The normalized spacial score (nSPS) is 23.8. The number of hydrogen-bond acceptors (Lipinski definition) is 4. The molecule has 1 N–H and O–H groups in total. The van der Waals surface area contributed by atoms with Crippen molar-refractivity contribution < 1.29 is 4.79 Å². The van der Waals surface area contributed by atoms with Crippen LogP contribution in [0.15, 0.2) is 46.1 Å². The van der Waals surface area contributed by atoms with Crippen LogP contribution in [0.3, 0.4) is 0 Å². The first-order chi connectivity index (χ1) is 14.6. The molecule has 2 aromatic rings. The Balaban J connectivity index is 1.28. The second-order valence-electron chi connectivity index (χ2n) is 8.92. The lowest BCUT2D eigenvalue weighted by atomic mass is 9.84. The highest BCUT2D eigenvalue weighted by Crippen LogP contribution is 2.33. The lowest BCUT2D eigenvalue weighted by Crippen LogP contribution is -2.47. The van der Waals surface area contributed by atoms with E-state index in [9.17, 15) is 9.59 Å². The number of amides is 1. The van der Waals surface area contributed by atoms with Crippen LogP contribution >= 0.6 is 11.8 Å². The van der Waals surface area contributed by atoms with Crippen molar-refractivity contribution in [3.8, 4) is 0 Å². The van der Waals surface area contributed by atoms with Gasteiger partial charge in [0.05, 0.1) is 0 Å². The Labute approximate surface area is 181 Å². The number of nitrogens with zero attached hydrogens (tertiary/aromatic N) is 2. The van der Waals surface area contributed by atoms with Crippen LogP contribution < -0.4 is 10.9 Å². The first-order valence-corrected chi connectivity index (χ1v) is 11.9. The van der Waals surface area contributed by atoms with Gasteiger partial charge in [-0.1, -0.05) is 18.2 Å². The SMILES string of the molecule is Cc1ccccc1SC1CCN(C(=O)c2ccc3n(c2=O)C[C@@H]2CNC[C@H]3C2)CC1. The lowest BCUT2D eigenvalue weighted by Gasteiger charge is -2.38. The number of fused-ring (bicyclic) bond motifs is 4. The Morgan fingerprint density at radius 1 is 1.10 bits per heavy atom. The molecule has 3 aliphatic heterocycles. The number of thioether (sulfide) groups is 1. The Bertz CT molecular complexity index is 1010. The predicted octanol–water partition coefficient (Wildman–Crippen LogP) is 3.26. The van der Waals surface area contributed by atoms with E-state index in [4.69, 9.17) is 0 Å². The molecule has 3 aliphatic rings. The molecule has 0 unspecified atom stereocenters. The van der Waals surface area contributed by atoms with Gasteiger partial charge in [0.1, 0.15) is 5.56 Å². The van der Waals surface area contributed by atoms with E-state index in [0.29, 0.717) is 22.6 Å². The summed E-state index contributed by atoms with van der Waals surface area (Å²) in [7, 11) is 0. The minimum atomic E-state index is -0.0940. The van der Waals surface area contributed by atoms with Gasteiger partial charge < -0.3 is 14.8 Å². The molecule has 5 rings (SSSR count).